The molecule has 1 aliphatic heterocycles. The van der Waals surface area contributed by atoms with Crippen LogP contribution < -0.4 is 10.2 Å². The average Bonchev–Trinajstić information content (AvgIpc) is 2.96. The lowest BCUT2D eigenvalue weighted by atomic mass is 10.1. The summed E-state index contributed by atoms with van der Waals surface area (Å²) in [5.41, 5.74) is 5.98. The third kappa shape index (κ3) is 6.50. The van der Waals surface area contributed by atoms with Crippen molar-refractivity contribution in [1.82, 2.24) is 5.32 Å². The van der Waals surface area contributed by atoms with Crippen molar-refractivity contribution >= 4 is 35.3 Å². The van der Waals surface area contributed by atoms with Crippen molar-refractivity contribution in [2.75, 3.05) is 4.90 Å². The number of anilines is 1. The lowest BCUT2D eigenvalue weighted by molar-refractivity contribution is -0.114. The first kappa shape index (κ1) is 26.5. The normalized spacial score (nSPS) is 14.7. The molecule has 0 saturated carbocycles. The van der Waals surface area contributed by atoms with E-state index < -0.39 is 0 Å². The summed E-state index contributed by atoms with van der Waals surface area (Å²) >= 11 is 1.49. The molecule has 0 fully saturated rings. The number of carbonyl (C=O) groups is 2. The highest BCUT2D eigenvalue weighted by Gasteiger charge is 2.29. The summed E-state index contributed by atoms with van der Waals surface area (Å²) in [5.74, 6) is -0.104. The van der Waals surface area contributed by atoms with Gasteiger partial charge < -0.3 is 10.2 Å². The number of hydrogen-bond acceptors (Lipinski definition) is 3. The summed E-state index contributed by atoms with van der Waals surface area (Å²) in [4.78, 5) is 30.0. The average molecular weight is 533 g/mol. The molecule has 1 heterocycles. The Morgan fingerprint density at radius 3 is 2.36 bits per heavy atom. The van der Waals surface area contributed by atoms with Gasteiger partial charge in [0.1, 0.15) is 0 Å². The van der Waals surface area contributed by atoms with E-state index in [1.807, 2.05) is 90.7 Å². The van der Waals surface area contributed by atoms with Crippen molar-refractivity contribution in [1.29, 1.82) is 0 Å². The fraction of sp³-hybridized carbons (Fsp3) is 0.176. The van der Waals surface area contributed by atoms with Crippen molar-refractivity contribution in [3.63, 3.8) is 0 Å². The van der Waals surface area contributed by atoms with Crippen molar-refractivity contribution in [3.8, 4) is 0 Å². The van der Waals surface area contributed by atoms with E-state index >= 15 is 0 Å². The minimum absolute atomic E-state index is 0.0176. The highest BCUT2D eigenvalue weighted by molar-refractivity contribution is 8.04. The summed E-state index contributed by atoms with van der Waals surface area (Å²) < 4.78 is 0. The molecule has 39 heavy (non-hydrogen) atoms. The van der Waals surface area contributed by atoms with Crippen LogP contribution in [0.25, 0.3) is 6.08 Å². The molecule has 0 aliphatic carbocycles. The molecule has 0 unspecified atom stereocenters. The summed E-state index contributed by atoms with van der Waals surface area (Å²) in [7, 11) is 0. The van der Waals surface area contributed by atoms with E-state index in [0.717, 1.165) is 40.1 Å². The molecule has 4 nitrogen and oxygen atoms in total. The quantitative estimate of drug-likeness (QED) is 0.240. The number of thioether (sulfide) groups is 1. The van der Waals surface area contributed by atoms with E-state index in [1.165, 1.54) is 17.3 Å². The number of aryl methyl sites for hydroxylation is 2. The van der Waals surface area contributed by atoms with Crippen LogP contribution in [0, 0.1) is 6.92 Å². The molecule has 4 aromatic rings. The van der Waals surface area contributed by atoms with Crippen molar-refractivity contribution in [2.24, 2.45) is 0 Å². The minimum atomic E-state index is -0.0868. The van der Waals surface area contributed by atoms with Gasteiger partial charge in [-0.15, -0.1) is 0 Å². The first-order chi connectivity index (χ1) is 19.0. The van der Waals surface area contributed by atoms with Crippen LogP contribution >= 0.6 is 11.8 Å². The van der Waals surface area contributed by atoms with Crippen molar-refractivity contribution in [2.45, 2.75) is 44.2 Å². The third-order valence-electron chi connectivity index (χ3n) is 6.98. The second-order valence-electron chi connectivity index (χ2n) is 9.92. The van der Waals surface area contributed by atoms with Gasteiger partial charge in [0.2, 0.25) is 0 Å². The molecule has 0 aromatic heterocycles. The summed E-state index contributed by atoms with van der Waals surface area (Å²) in [6, 6.07) is 34.0. The van der Waals surface area contributed by atoms with Crippen LogP contribution in [0.15, 0.2) is 113 Å². The number of fused-ring (bicyclic) bond motifs is 1. The van der Waals surface area contributed by atoms with E-state index in [-0.39, 0.29) is 17.9 Å². The summed E-state index contributed by atoms with van der Waals surface area (Å²) in [6.07, 6.45) is 3.71. The maximum absolute atomic E-state index is 13.6. The minimum Gasteiger partial charge on any atom is -0.350 e. The highest BCUT2D eigenvalue weighted by atomic mass is 32.2. The van der Waals surface area contributed by atoms with E-state index in [0.29, 0.717) is 17.0 Å². The number of benzene rings is 4. The number of carbonyl (C=O) groups excluding carboxylic acids is 2. The Hall–Kier alpha value is -4.09. The Labute approximate surface area is 234 Å². The molecule has 5 rings (SSSR count). The van der Waals surface area contributed by atoms with Gasteiger partial charge in [0.05, 0.1) is 17.1 Å². The molecular formula is C34H32N2O2S. The Kier molecular flexibility index (Phi) is 8.28. The van der Waals surface area contributed by atoms with Gasteiger partial charge in [-0.25, -0.2) is 0 Å². The number of hydrogen-bond donors (Lipinski definition) is 1. The van der Waals surface area contributed by atoms with Crippen LogP contribution in [-0.4, -0.2) is 17.9 Å². The van der Waals surface area contributed by atoms with Crippen molar-refractivity contribution in [3.05, 3.63) is 136 Å². The molecule has 0 radical (unpaired) electrons. The monoisotopic (exact) mass is 532 g/mol. The number of nitrogens with one attached hydrogen (secondary N) is 1. The third-order valence-corrected chi connectivity index (χ3v) is 8.06. The summed E-state index contributed by atoms with van der Waals surface area (Å²) in [6.45, 7) is 4.62. The van der Waals surface area contributed by atoms with Gasteiger partial charge in [0.15, 0.2) is 0 Å². The molecule has 4 aromatic carbocycles. The van der Waals surface area contributed by atoms with E-state index in [2.05, 4.69) is 42.6 Å². The van der Waals surface area contributed by atoms with Gasteiger partial charge >= 0.3 is 0 Å². The Balaban J connectivity index is 1.28. The van der Waals surface area contributed by atoms with Crippen molar-refractivity contribution < 1.29 is 9.59 Å². The second-order valence-corrected chi connectivity index (χ2v) is 11.0. The first-order valence-electron chi connectivity index (χ1n) is 13.3. The zero-order valence-corrected chi connectivity index (χ0v) is 23.1. The smallest absolute Gasteiger partial charge is 0.265 e. The number of amides is 2. The topological polar surface area (TPSA) is 49.4 Å². The molecular weight excluding hydrogens is 500 g/mol. The van der Waals surface area contributed by atoms with Gasteiger partial charge in [-0.3, -0.25) is 9.59 Å². The largest absolute Gasteiger partial charge is 0.350 e. The van der Waals surface area contributed by atoms with Gasteiger partial charge in [-0.1, -0.05) is 90.6 Å². The molecule has 0 saturated heterocycles. The molecule has 1 atom stereocenters. The van der Waals surface area contributed by atoms with Gasteiger partial charge in [0.25, 0.3) is 11.8 Å². The Morgan fingerprint density at radius 2 is 1.59 bits per heavy atom. The van der Waals surface area contributed by atoms with Crippen LogP contribution in [0.3, 0.4) is 0 Å². The standard InChI is InChI=1S/C34H32N2O2S/c1-24-10-6-7-13-29(24)23-36-30-14-8-9-15-31(30)39-32(34(36)38)22-27-18-20-28(21-19-27)33(37)35-25(2)16-17-26-11-4-3-5-12-26/h3-15,18-22,25H,16-17,23H2,1-2H3,(H,35,37)/b32-22+/t25-/m0/s1. The van der Waals surface area contributed by atoms with Crippen LogP contribution in [-0.2, 0) is 17.8 Å². The number of nitrogens with zero attached hydrogens (tertiary/aromatic N) is 1. The second kappa shape index (κ2) is 12.2. The van der Waals surface area contributed by atoms with Gasteiger partial charge in [-0.05, 0) is 79.3 Å². The van der Waals surface area contributed by atoms with Gasteiger partial charge in [-0.2, -0.15) is 0 Å². The maximum Gasteiger partial charge on any atom is 0.265 e. The highest BCUT2D eigenvalue weighted by Crippen LogP contribution is 2.42. The van der Waals surface area contributed by atoms with Crippen LogP contribution in [0.5, 0.6) is 0 Å². The van der Waals surface area contributed by atoms with E-state index in [9.17, 15) is 9.59 Å². The Bertz CT molecular complexity index is 1500. The zero-order valence-electron chi connectivity index (χ0n) is 22.3. The predicted octanol–water partition coefficient (Wildman–Crippen LogP) is 7.43. The fourth-order valence-electron chi connectivity index (χ4n) is 4.67. The predicted molar refractivity (Wildman–Crippen MR) is 161 cm³/mol. The Morgan fingerprint density at radius 1 is 0.897 bits per heavy atom. The molecule has 5 heteroatoms. The van der Waals surface area contributed by atoms with Crippen LogP contribution in [0.4, 0.5) is 5.69 Å². The molecule has 196 valence electrons. The number of rotatable bonds is 8. The van der Waals surface area contributed by atoms with Crippen LogP contribution in [0.2, 0.25) is 0 Å². The SMILES string of the molecule is Cc1ccccc1CN1C(=O)/C(=C\c2ccc(C(=O)N[C@@H](C)CCc3ccccc3)cc2)Sc2ccccc21. The van der Waals surface area contributed by atoms with Crippen LogP contribution in [0.1, 0.15) is 46.0 Å². The lowest BCUT2D eigenvalue weighted by Crippen LogP contribution is -2.34. The maximum atomic E-state index is 13.6. The molecule has 1 N–H and O–H groups in total. The lowest BCUT2D eigenvalue weighted by Gasteiger charge is -2.31. The fourth-order valence-corrected chi connectivity index (χ4v) is 5.73. The molecule has 0 bridgehead atoms. The first-order valence-corrected chi connectivity index (χ1v) is 14.1. The van der Waals surface area contributed by atoms with E-state index in [4.69, 9.17) is 0 Å². The zero-order chi connectivity index (χ0) is 27.2. The van der Waals surface area contributed by atoms with Gasteiger partial charge in [0, 0.05) is 16.5 Å². The molecule has 0 spiro atoms. The molecule has 2 amide bonds. The number of para-hydroxylation sites is 1. The molecule has 1 aliphatic rings. The van der Waals surface area contributed by atoms with E-state index in [1.54, 1.807) is 0 Å². The summed E-state index contributed by atoms with van der Waals surface area (Å²) in [5, 5.41) is 3.10.